The van der Waals surface area contributed by atoms with Gasteiger partial charge in [-0.2, -0.15) is 0 Å². The Bertz CT molecular complexity index is 552. The fraction of sp³-hybridized carbons (Fsp3) is 0.176. The maximum atomic E-state index is 5.09. The van der Waals surface area contributed by atoms with Crippen LogP contribution in [0.5, 0.6) is 0 Å². The van der Waals surface area contributed by atoms with E-state index in [0.717, 1.165) is 22.6 Å². The highest BCUT2D eigenvalue weighted by atomic mass is 16.8. The van der Waals surface area contributed by atoms with Crippen LogP contribution in [-0.4, -0.2) is 18.2 Å². The number of oxime groups is 2. The Labute approximate surface area is 124 Å². The van der Waals surface area contributed by atoms with Crippen molar-refractivity contribution in [2.75, 3.05) is 6.79 Å². The topological polar surface area (TPSA) is 43.2 Å². The monoisotopic (exact) mass is 282 g/mol. The lowest BCUT2D eigenvalue weighted by Gasteiger charge is -2.03. The van der Waals surface area contributed by atoms with E-state index in [1.807, 2.05) is 74.5 Å². The van der Waals surface area contributed by atoms with Gasteiger partial charge in [-0.25, -0.2) is 0 Å². The second-order valence-electron chi connectivity index (χ2n) is 4.46. The SMILES string of the molecule is C/C(=N\OCO/N=C(\C)c1ccccc1)c1ccccc1. The summed E-state index contributed by atoms with van der Waals surface area (Å²) in [5.74, 6) is 0. The van der Waals surface area contributed by atoms with E-state index in [1.54, 1.807) is 0 Å². The van der Waals surface area contributed by atoms with Crippen molar-refractivity contribution in [1.29, 1.82) is 0 Å². The second kappa shape index (κ2) is 7.85. The molecule has 0 spiro atoms. The van der Waals surface area contributed by atoms with Crippen molar-refractivity contribution < 1.29 is 9.68 Å². The molecule has 21 heavy (non-hydrogen) atoms. The van der Waals surface area contributed by atoms with Crippen LogP contribution in [0.3, 0.4) is 0 Å². The largest absolute Gasteiger partial charge is 0.352 e. The molecule has 0 fully saturated rings. The van der Waals surface area contributed by atoms with Crippen LogP contribution in [0.2, 0.25) is 0 Å². The second-order valence-corrected chi connectivity index (χ2v) is 4.46. The third-order valence-electron chi connectivity index (χ3n) is 2.89. The molecule has 0 aliphatic carbocycles. The molecule has 0 bridgehead atoms. The van der Waals surface area contributed by atoms with Crippen LogP contribution >= 0.6 is 0 Å². The quantitative estimate of drug-likeness (QED) is 0.350. The van der Waals surface area contributed by atoms with Crippen LogP contribution in [-0.2, 0) is 9.68 Å². The molecule has 0 atom stereocenters. The van der Waals surface area contributed by atoms with Crippen LogP contribution in [0, 0.1) is 0 Å². The first kappa shape index (κ1) is 14.8. The number of hydrogen-bond acceptors (Lipinski definition) is 4. The predicted octanol–water partition coefficient (Wildman–Crippen LogP) is 3.83. The van der Waals surface area contributed by atoms with Crippen LogP contribution < -0.4 is 0 Å². The van der Waals surface area contributed by atoms with E-state index in [1.165, 1.54) is 0 Å². The average molecular weight is 282 g/mol. The first-order valence-corrected chi connectivity index (χ1v) is 6.71. The molecule has 0 saturated carbocycles. The van der Waals surface area contributed by atoms with Gasteiger partial charge >= 0.3 is 0 Å². The molecule has 2 rings (SSSR count). The summed E-state index contributed by atoms with van der Waals surface area (Å²) in [6.45, 7) is 3.75. The Kier molecular flexibility index (Phi) is 5.52. The van der Waals surface area contributed by atoms with Gasteiger partial charge in [0.1, 0.15) is 0 Å². The zero-order chi connectivity index (χ0) is 14.9. The molecule has 0 unspecified atom stereocenters. The van der Waals surface area contributed by atoms with Crippen molar-refractivity contribution in [1.82, 2.24) is 0 Å². The first-order valence-electron chi connectivity index (χ1n) is 6.71. The maximum Gasteiger partial charge on any atom is 0.280 e. The van der Waals surface area contributed by atoms with Crippen molar-refractivity contribution >= 4 is 11.4 Å². The summed E-state index contributed by atoms with van der Waals surface area (Å²) in [5, 5.41) is 7.97. The van der Waals surface area contributed by atoms with Gasteiger partial charge < -0.3 is 9.68 Å². The van der Waals surface area contributed by atoms with Gasteiger partial charge in [-0.1, -0.05) is 71.0 Å². The van der Waals surface area contributed by atoms with E-state index in [9.17, 15) is 0 Å². The van der Waals surface area contributed by atoms with Crippen molar-refractivity contribution in [3.8, 4) is 0 Å². The van der Waals surface area contributed by atoms with E-state index in [0.29, 0.717) is 0 Å². The molecule has 0 aliphatic heterocycles. The lowest BCUT2D eigenvalue weighted by molar-refractivity contribution is -0.0505. The number of hydrogen-bond donors (Lipinski definition) is 0. The van der Waals surface area contributed by atoms with E-state index in [2.05, 4.69) is 10.3 Å². The smallest absolute Gasteiger partial charge is 0.280 e. The molecule has 0 aliphatic rings. The van der Waals surface area contributed by atoms with Crippen LogP contribution in [0.4, 0.5) is 0 Å². The van der Waals surface area contributed by atoms with Crippen molar-refractivity contribution in [2.24, 2.45) is 10.3 Å². The zero-order valence-electron chi connectivity index (χ0n) is 12.2. The Balaban J connectivity index is 1.80. The van der Waals surface area contributed by atoms with Gasteiger partial charge in [0.25, 0.3) is 6.79 Å². The third kappa shape index (κ3) is 4.76. The fourth-order valence-electron chi connectivity index (χ4n) is 1.73. The first-order chi connectivity index (χ1) is 10.3. The third-order valence-corrected chi connectivity index (χ3v) is 2.89. The molecular formula is C17H18N2O2. The molecule has 0 amide bonds. The molecule has 0 aromatic heterocycles. The minimum Gasteiger partial charge on any atom is -0.352 e. The molecule has 2 aromatic carbocycles. The van der Waals surface area contributed by atoms with Crippen LogP contribution in [0.1, 0.15) is 25.0 Å². The van der Waals surface area contributed by atoms with Gasteiger partial charge in [0.15, 0.2) is 0 Å². The van der Waals surface area contributed by atoms with Gasteiger partial charge in [0.05, 0.1) is 11.4 Å². The van der Waals surface area contributed by atoms with E-state index in [-0.39, 0.29) is 6.79 Å². The molecule has 108 valence electrons. The highest BCUT2D eigenvalue weighted by molar-refractivity contribution is 5.98. The molecule has 2 aromatic rings. The molecule has 0 radical (unpaired) electrons. The molecule has 4 nitrogen and oxygen atoms in total. The minimum absolute atomic E-state index is 0.0195. The Morgan fingerprint density at radius 3 is 1.48 bits per heavy atom. The minimum atomic E-state index is -0.0195. The lowest BCUT2D eigenvalue weighted by atomic mass is 10.1. The molecule has 4 heteroatoms. The number of rotatable bonds is 6. The Hall–Kier alpha value is -2.62. The highest BCUT2D eigenvalue weighted by Gasteiger charge is 1.97. The Morgan fingerprint density at radius 2 is 1.10 bits per heavy atom. The zero-order valence-corrected chi connectivity index (χ0v) is 12.2. The highest BCUT2D eigenvalue weighted by Crippen LogP contribution is 2.02. The van der Waals surface area contributed by atoms with Crippen molar-refractivity contribution in [3.63, 3.8) is 0 Å². The summed E-state index contributed by atoms with van der Waals surface area (Å²) in [7, 11) is 0. The average Bonchev–Trinajstić information content (AvgIpc) is 2.55. The van der Waals surface area contributed by atoms with E-state index in [4.69, 9.17) is 9.68 Å². The van der Waals surface area contributed by atoms with Gasteiger partial charge in [0.2, 0.25) is 0 Å². The van der Waals surface area contributed by atoms with Crippen LogP contribution in [0.25, 0.3) is 0 Å². The Morgan fingerprint density at radius 1 is 0.714 bits per heavy atom. The van der Waals surface area contributed by atoms with Gasteiger partial charge in [0, 0.05) is 0 Å². The number of benzene rings is 2. The molecule has 0 N–H and O–H groups in total. The lowest BCUT2D eigenvalue weighted by Crippen LogP contribution is -2.00. The van der Waals surface area contributed by atoms with Crippen molar-refractivity contribution in [2.45, 2.75) is 13.8 Å². The summed E-state index contributed by atoms with van der Waals surface area (Å²) in [5.41, 5.74) is 3.62. The standard InChI is InChI=1S/C17H18N2O2/c1-14(16-9-5-3-6-10-16)18-20-13-21-19-15(2)17-11-7-4-8-12-17/h3-12H,13H2,1-2H3/b18-14+,19-15+. The predicted molar refractivity (Wildman–Crippen MR) is 84.3 cm³/mol. The van der Waals surface area contributed by atoms with Gasteiger partial charge in [-0.05, 0) is 25.0 Å². The summed E-state index contributed by atoms with van der Waals surface area (Å²) < 4.78 is 0. The van der Waals surface area contributed by atoms with Gasteiger partial charge in [-0.15, -0.1) is 0 Å². The van der Waals surface area contributed by atoms with E-state index < -0.39 is 0 Å². The number of nitrogens with zero attached hydrogens (tertiary/aromatic N) is 2. The fourth-order valence-corrected chi connectivity index (χ4v) is 1.73. The normalized spacial score (nSPS) is 12.1. The summed E-state index contributed by atoms with van der Waals surface area (Å²) in [4.78, 5) is 10.2. The summed E-state index contributed by atoms with van der Waals surface area (Å²) in [6.07, 6.45) is 0. The van der Waals surface area contributed by atoms with Crippen LogP contribution in [0.15, 0.2) is 71.0 Å². The molecular weight excluding hydrogens is 264 g/mol. The van der Waals surface area contributed by atoms with E-state index >= 15 is 0 Å². The van der Waals surface area contributed by atoms with Crippen molar-refractivity contribution in [3.05, 3.63) is 71.8 Å². The molecule has 0 heterocycles. The summed E-state index contributed by atoms with van der Waals surface area (Å²) >= 11 is 0. The maximum absolute atomic E-state index is 5.09. The van der Waals surface area contributed by atoms with Gasteiger partial charge in [-0.3, -0.25) is 0 Å². The molecule has 0 saturated heterocycles. The summed E-state index contributed by atoms with van der Waals surface area (Å²) in [6, 6.07) is 19.6.